The van der Waals surface area contributed by atoms with Crippen molar-refractivity contribution in [2.75, 3.05) is 11.9 Å². The summed E-state index contributed by atoms with van der Waals surface area (Å²) in [5.41, 5.74) is 3.37. The van der Waals surface area contributed by atoms with Crippen LogP contribution < -0.4 is 10.6 Å². The molecule has 28 heavy (non-hydrogen) atoms. The van der Waals surface area contributed by atoms with Crippen LogP contribution in [0.2, 0.25) is 0 Å². The molecule has 0 aliphatic rings. The van der Waals surface area contributed by atoms with Gasteiger partial charge in [-0.3, -0.25) is 4.79 Å². The summed E-state index contributed by atoms with van der Waals surface area (Å²) in [4.78, 5) is 12.6. The first-order valence-electron chi connectivity index (χ1n) is 9.21. The summed E-state index contributed by atoms with van der Waals surface area (Å²) in [6.07, 6.45) is 1.61. The van der Waals surface area contributed by atoms with Crippen LogP contribution in [0.1, 0.15) is 41.1 Å². The second kappa shape index (κ2) is 8.59. The normalized spacial score (nSPS) is 11.8. The maximum atomic E-state index is 12.6. The quantitative estimate of drug-likeness (QED) is 0.655. The summed E-state index contributed by atoms with van der Waals surface area (Å²) in [6, 6.07) is 15.9. The van der Waals surface area contributed by atoms with Gasteiger partial charge in [0.25, 0.3) is 0 Å². The second-order valence-corrected chi connectivity index (χ2v) is 6.77. The number of hydrogen-bond acceptors (Lipinski definition) is 4. The van der Waals surface area contributed by atoms with E-state index < -0.39 is 0 Å². The molecule has 0 unspecified atom stereocenters. The van der Waals surface area contributed by atoms with E-state index in [9.17, 15) is 10.1 Å². The number of anilines is 1. The molecule has 0 fully saturated rings. The van der Waals surface area contributed by atoms with Gasteiger partial charge in [0.1, 0.15) is 17.6 Å². The Morgan fingerprint density at radius 1 is 1.21 bits per heavy atom. The van der Waals surface area contributed by atoms with Gasteiger partial charge >= 0.3 is 0 Å². The summed E-state index contributed by atoms with van der Waals surface area (Å²) in [5, 5.41) is 15.7. The Morgan fingerprint density at radius 3 is 2.61 bits per heavy atom. The molecular formula is C22H24N4O2. The average molecular weight is 376 g/mol. The van der Waals surface area contributed by atoms with Gasteiger partial charge < -0.3 is 19.6 Å². The number of carbonyl (C=O) groups is 1. The van der Waals surface area contributed by atoms with E-state index in [0.29, 0.717) is 17.9 Å². The van der Waals surface area contributed by atoms with Crippen LogP contribution in [0.15, 0.2) is 53.1 Å². The van der Waals surface area contributed by atoms with E-state index in [0.717, 1.165) is 22.6 Å². The zero-order valence-corrected chi connectivity index (χ0v) is 16.3. The van der Waals surface area contributed by atoms with Gasteiger partial charge in [0.05, 0.1) is 24.9 Å². The van der Waals surface area contributed by atoms with E-state index in [4.69, 9.17) is 4.42 Å². The van der Waals surface area contributed by atoms with Crippen LogP contribution in [-0.2, 0) is 11.3 Å². The van der Waals surface area contributed by atoms with Gasteiger partial charge in [0.15, 0.2) is 0 Å². The zero-order chi connectivity index (χ0) is 20.1. The number of hydrogen-bond donors (Lipinski definition) is 2. The first-order chi connectivity index (χ1) is 13.5. The lowest BCUT2D eigenvalue weighted by Gasteiger charge is -2.15. The number of benzene rings is 1. The largest absolute Gasteiger partial charge is 0.467 e. The Bertz CT molecular complexity index is 982. The van der Waals surface area contributed by atoms with Crippen molar-refractivity contribution in [3.05, 3.63) is 76.9 Å². The minimum atomic E-state index is -0.197. The molecule has 3 rings (SSSR count). The van der Waals surface area contributed by atoms with Gasteiger partial charge in [0.2, 0.25) is 5.91 Å². The van der Waals surface area contributed by atoms with Crippen molar-refractivity contribution in [2.24, 2.45) is 0 Å². The molecule has 1 aromatic carbocycles. The van der Waals surface area contributed by atoms with E-state index in [1.165, 1.54) is 0 Å². The molecule has 1 amide bonds. The lowest BCUT2D eigenvalue weighted by atomic mass is 10.1. The fourth-order valence-electron chi connectivity index (χ4n) is 3.17. The van der Waals surface area contributed by atoms with Gasteiger partial charge in [-0.2, -0.15) is 5.26 Å². The molecule has 0 saturated heterocycles. The minimum absolute atomic E-state index is 0.0424. The van der Waals surface area contributed by atoms with E-state index in [1.54, 1.807) is 6.26 Å². The molecule has 0 saturated carbocycles. The summed E-state index contributed by atoms with van der Waals surface area (Å²) in [5.74, 6) is 1.07. The van der Waals surface area contributed by atoms with Crippen molar-refractivity contribution in [3.63, 3.8) is 0 Å². The predicted octanol–water partition coefficient (Wildman–Crippen LogP) is 3.91. The number of furan rings is 1. The van der Waals surface area contributed by atoms with Gasteiger partial charge in [-0.05, 0) is 44.0 Å². The third kappa shape index (κ3) is 4.16. The Kier molecular flexibility index (Phi) is 5.97. The van der Waals surface area contributed by atoms with Crippen molar-refractivity contribution >= 4 is 11.7 Å². The maximum Gasteiger partial charge on any atom is 0.239 e. The number of nitriles is 1. The summed E-state index contributed by atoms with van der Waals surface area (Å²) in [6.45, 7) is 6.43. The fraction of sp³-hybridized carbons (Fsp3) is 0.273. The van der Waals surface area contributed by atoms with E-state index in [1.807, 2.05) is 67.8 Å². The van der Waals surface area contributed by atoms with Crippen molar-refractivity contribution in [1.29, 1.82) is 5.26 Å². The molecule has 0 radical (unpaired) electrons. The Balaban J connectivity index is 1.74. The first kappa shape index (κ1) is 19.5. The lowest BCUT2D eigenvalue weighted by molar-refractivity contribution is -0.115. The summed E-state index contributed by atoms with van der Waals surface area (Å²) in [7, 11) is 0. The van der Waals surface area contributed by atoms with Crippen molar-refractivity contribution < 1.29 is 9.21 Å². The van der Waals surface area contributed by atoms with Gasteiger partial charge in [-0.25, -0.2) is 0 Å². The molecule has 0 aliphatic heterocycles. The second-order valence-electron chi connectivity index (χ2n) is 6.77. The average Bonchev–Trinajstić information content (AvgIpc) is 3.30. The predicted molar refractivity (Wildman–Crippen MR) is 108 cm³/mol. The molecular weight excluding hydrogens is 352 g/mol. The molecule has 0 bridgehead atoms. The highest BCUT2D eigenvalue weighted by Gasteiger charge is 2.20. The number of aromatic nitrogens is 1. The molecule has 6 nitrogen and oxygen atoms in total. The maximum absolute atomic E-state index is 12.6. The first-order valence-corrected chi connectivity index (χ1v) is 9.21. The molecule has 2 heterocycles. The number of amides is 1. The Hall–Kier alpha value is -3.30. The van der Waals surface area contributed by atoms with Crippen LogP contribution >= 0.6 is 0 Å². The van der Waals surface area contributed by atoms with Crippen LogP contribution in [-0.4, -0.2) is 17.0 Å². The number of rotatable bonds is 7. The van der Waals surface area contributed by atoms with Gasteiger partial charge in [-0.1, -0.05) is 30.3 Å². The van der Waals surface area contributed by atoms with Crippen LogP contribution in [0.25, 0.3) is 0 Å². The molecule has 0 spiro atoms. The van der Waals surface area contributed by atoms with E-state index >= 15 is 0 Å². The van der Waals surface area contributed by atoms with Crippen molar-refractivity contribution in [3.8, 4) is 6.07 Å². The third-order valence-corrected chi connectivity index (χ3v) is 4.96. The number of carbonyl (C=O) groups excluding carboxylic acids is 1. The van der Waals surface area contributed by atoms with Crippen LogP contribution in [0, 0.1) is 25.2 Å². The molecule has 2 aromatic heterocycles. The summed E-state index contributed by atoms with van der Waals surface area (Å²) >= 11 is 0. The number of nitrogens with one attached hydrogen (secondary N) is 2. The van der Waals surface area contributed by atoms with E-state index in [2.05, 4.69) is 16.7 Å². The fourth-order valence-corrected chi connectivity index (χ4v) is 3.17. The molecule has 6 heteroatoms. The lowest BCUT2D eigenvalue weighted by Crippen LogP contribution is -2.31. The Morgan fingerprint density at radius 2 is 1.96 bits per heavy atom. The number of nitrogens with zero attached hydrogens (tertiary/aromatic N) is 2. The van der Waals surface area contributed by atoms with Crippen LogP contribution in [0.3, 0.4) is 0 Å². The zero-order valence-electron chi connectivity index (χ0n) is 16.3. The van der Waals surface area contributed by atoms with Gasteiger partial charge in [0, 0.05) is 11.7 Å². The molecule has 3 aromatic rings. The third-order valence-electron chi connectivity index (χ3n) is 4.96. The SMILES string of the molecule is Cc1c(C#N)c(NC(=O)CN[C@@H](C)c2ccccc2)n(Cc2ccco2)c1C. The molecule has 0 aliphatic carbocycles. The minimum Gasteiger partial charge on any atom is -0.467 e. The highest BCUT2D eigenvalue weighted by molar-refractivity contribution is 5.93. The highest BCUT2D eigenvalue weighted by atomic mass is 16.3. The molecule has 1 atom stereocenters. The highest BCUT2D eigenvalue weighted by Crippen LogP contribution is 2.27. The Labute approximate surface area is 164 Å². The summed E-state index contributed by atoms with van der Waals surface area (Å²) < 4.78 is 7.34. The van der Waals surface area contributed by atoms with E-state index in [-0.39, 0.29) is 18.5 Å². The van der Waals surface area contributed by atoms with Crippen LogP contribution in [0.5, 0.6) is 0 Å². The van der Waals surface area contributed by atoms with Gasteiger partial charge in [-0.15, -0.1) is 0 Å². The monoisotopic (exact) mass is 376 g/mol. The van der Waals surface area contributed by atoms with Crippen molar-refractivity contribution in [1.82, 2.24) is 9.88 Å². The van der Waals surface area contributed by atoms with Crippen LogP contribution in [0.4, 0.5) is 5.82 Å². The van der Waals surface area contributed by atoms with Crippen molar-refractivity contribution in [2.45, 2.75) is 33.4 Å². The molecule has 2 N–H and O–H groups in total. The molecule has 144 valence electrons. The smallest absolute Gasteiger partial charge is 0.239 e. The topological polar surface area (TPSA) is 83.0 Å². The standard InChI is InChI=1S/C22H24N4O2/c1-15-17(3)26(14-19-10-7-11-28-19)22(20(15)12-23)25-21(27)13-24-16(2)18-8-5-4-6-9-18/h4-11,16,24H,13-14H2,1-3H3,(H,25,27)/t16-/m0/s1.